The minimum atomic E-state index is -0.576. The number of thiophene rings is 2. The summed E-state index contributed by atoms with van der Waals surface area (Å²) >= 11 is 4.34. The molecule has 0 N–H and O–H groups in total. The van der Waals surface area contributed by atoms with E-state index in [0.717, 1.165) is 16.0 Å². The van der Waals surface area contributed by atoms with Gasteiger partial charge in [0.25, 0.3) is 5.56 Å². The second-order valence-corrected chi connectivity index (χ2v) is 11.2. The first-order valence-electron chi connectivity index (χ1n) is 11.6. The zero-order valence-corrected chi connectivity index (χ0v) is 21.9. The highest BCUT2D eigenvalue weighted by molar-refractivity contribution is 8.00. The molecule has 0 fully saturated rings. The molecule has 0 aliphatic rings. The van der Waals surface area contributed by atoms with Crippen LogP contribution in [0.15, 0.2) is 116 Å². The zero-order valence-electron chi connectivity index (χ0n) is 19.4. The predicted molar refractivity (Wildman–Crippen MR) is 151 cm³/mol. The molecule has 6 rings (SSSR count). The topological polar surface area (TPSA) is 65.1 Å². The maximum atomic E-state index is 14.0. The van der Waals surface area contributed by atoms with Crippen molar-refractivity contribution in [3.63, 3.8) is 0 Å². The molecule has 2 aromatic carbocycles. The van der Waals surface area contributed by atoms with Gasteiger partial charge in [0.15, 0.2) is 10.9 Å². The Balaban J connectivity index is 1.51. The number of thioether (sulfide) groups is 1. The van der Waals surface area contributed by atoms with Crippen LogP contribution in [0, 0.1) is 0 Å². The number of nitrogens with zero attached hydrogens (tertiary/aromatic N) is 2. The third-order valence-electron chi connectivity index (χ3n) is 5.96. The Kier molecular flexibility index (Phi) is 6.61. The van der Waals surface area contributed by atoms with Gasteiger partial charge in [0, 0.05) is 21.4 Å². The van der Waals surface area contributed by atoms with E-state index in [-0.39, 0.29) is 17.9 Å². The molecule has 0 spiro atoms. The van der Waals surface area contributed by atoms with Gasteiger partial charge in [0.05, 0.1) is 18.2 Å². The van der Waals surface area contributed by atoms with Gasteiger partial charge in [-0.2, -0.15) is 0 Å². The van der Waals surface area contributed by atoms with Crippen molar-refractivity contribution >= 4 is 50.4 Å². The highest BCUT2D eigenvalue weighted by Gasteiger charge is 2.27. The second kappa shape index (κ2) is 10.3. The smallest absolute Gasteiger partial charge is 0.264 e. The van der Waals surface area contributed by atoms with Crippen molar-refractivity contribution in [2.45, 2.75) is 17.0 Å². The number of benzene rings is 2. The molecule has 182 valence electrons. The average molecular weight is 541 g/mol. The lowest BCUT2D eigenvalue weighted by Crippen LogP contribution is -2.24. The van der Waals surface area contributed by atoms with Crippen LogP contribution < -0.4 is 5.56 Å². The molecule has 0 aliphatic heterocycles. The van der Waals surface area contributed by atoms with E-state index in [4.69, 9.17) is 9.40 Å². The number of furan rings is 1. The summed E-state index contributed by atoms with van der Waals surface area (Å²) in [5, 5.41) is 4.48. The molecule has 0 amide bonds. The first kappa shape index (κ1) is 23.7. The number of aromatic nitrogens is 2. The molecule has 6 aromatic rings. The molecule has 1 atom stereocenters. The van der Waals surface area contributed by atoms with Gasteiger partial charge < -0.3 is 4.42 Å². The first-order valence-corrected chi connectivity index (χ1v) is 14.2. The SMILES string of the molecule is O=C(c1ccccc1)[C@H](Sc1nc2scc(-c3cccs3)c2c(=O)n1Cc1ccco1)c1ccccc1. The molecule has 0 unspecified atom stereocenters. The van der Waals surface area contributed by atoms with Gasteiger partial charge in [0.2, 0.25) is 0 Å². The quantitative estimate of drug-likeness (QED) is 0.113. The summed E-state index contributed by atoms with van der Waals surface area (Å²) in [6.45, 7) is 0.220. The molecule has 0 saturated carbocycles. The Morgan fingerprint density at radius 1 is 0.946 bits per heavy atom. The first-order chi connectivity index (χ1) is 18.2. The lowest BCUT2D eigenvalue weighted by atomic mass is 10.0. The van der Waals surface area contributed by atoms with Crippen LogP contribution in [0.1, 0.15) is 26.9 Å². The van der Waals surface area contributed by atoms with Gasteiger partial charge in [-0.15, -0.1) is 22.7 Å². The largest absolute Gasteiger partial charge is 0.467 e. The second-order valence-electron chi connectivity index (χ2n) is 8.31. The normalized spacial score (nSPS) is 12.1. The Hall–Kier alpha value is -3.72. The number of hydrogen-bond acceptors (Lipinski definition) is 7. The van der Waals surface area contributed by atoms with Gasteiger partial charge in [0.1, 0.15) is 15.8 Å². The van der Waals surface area contributed by atoms with Gasteiger partial charge in [-0.1, -0.05) is 78.5 Å². The Bertz CT molecular complexity index is 1710. The molecule has 5 nitrogen and oxygen atoms in total. The molecule has 37 heavy (non-hydrogen) atoms. The highest BCUT2D eigenvalue weighted by Crippen LogP contribution is 2.39. The fourth-order valence-electron chi connectivity index (χ4n) is 4.17. The summed E-state index contributed by atoms with van der Waals surface area (Å²) in [6, 6.07) is 26.5. The van der Waals surface area contributed by atoms with E-state index in [1.54, 1.807) is 28.2 Å². The summed E-state index contributed by atoms with van der Waals surface area (Å²) in [6.07, 6.45) is 1.59. The molecular formula is C29H20N2O3S3. The fraction of sp³-hybridized carbons (Fsp3) is 0.0690. The standard InChI is InChI=1S/C29H20N2O3S3/c32-25(19-9-3-1-4-10-19)26(20-11-5-2-6-12-20)37-29-30-27-24(22(18-36-27)23-14-8-16-35-23)28(33)31(29)17-21-13-7-15-34-21/h1-16,18,26H,17H2/t26-/m1/s1. The van der Waals surface area contributed by atoms with E-state index in [1.165, 1.54) is 23.1 Å². The van der Waals surface area contributed by atoms with Crippen LogP contribution in [0.25, 0.3) is 20.7 Å². The van der Waals surface area contributed by atoms with Crippen molar-refractivity contribution in [1.82, 2.24) is 9.55 Å². The van der Waals surface area contributed by atoms with Crippen molar-refractivity contribution in [3.8, 4) is 10.4 Å². The number of carbonyl (C=O) groups excluding carboxylic acids is 1. The number of hydrogen-bond donors (Lipinski definition) is 0. The number of Topliss-reactive ketones (excluding diaryl/α,β-unsaturated/α-hetero) is 1. The van der Waals surface area contributed by atoms with Gasteiger partial charge >= 0.3 is 0 Å². The summed E-state index contributed by atoms with van der Waals surface area (Å²) in [5.41, 5.74) is 2.21. The fourth-order valence-corrected chi connectivity index (χ4v) is 7.14. The third-order valence-corrected chi connectivity index (χ3v) is 8.98. The molecule has 0 saturated heterocycles. The highest BCUT2D eigenvalue weighted by atomic mass is 32.2. The number of rotatable bonds is 8. The maximum Gasteiger partial charge on any atom is 0.264 e. The van der Waals surface area contributed by atoms with Crippen molar-refractivity contribution in [1.29, 1.82) is 0 Å². The summed E-state index contributed by atoms with van der Waals surface area (Å²) in [7, 11) is 0. The molecular weight excluding hydrogens is 521 g/mol. The van der Waals surface area contributed by atoms with Crippen LogP contribution in [-0.2, 0) is 6.54 Å². The number of fused-ring (bicyclic) bond motifs is 1. The van der Waals surface area contributed by atoms with Crippen LogP contribution in [0.5, 0.6) is 0 Å². The maximum absolute atomic E-state index is 14.0. The number of ketones is 1. The van der Waals surface area contributed by atoms with Crippen molar-refractivity contribution in [3.05, 3.63) is 129 Å². The van der Waals surface area contributed by atoms with Crippen LogP contribution in [0.2, 0.25) is 0 Å². The van der Waals surface area contributed by atoms with Crippen LogP contribution in [-0.4, -0.2) is 15.3 Å². The molecule has 0 aliphatic carbocycles. The third kappa shape index (κ3) is 4.71. The van der Waals surface area contributed by atoms with Crippen LogP contribution >= 0.6 is 34.4 Å². The van der Waals surface area contributed by atoms with Crippen LogP contribution in [0.3, 0.4) is 0 Å². The minimum absolute atomic E-state index is 0.0406. The molecule has 0 bridgehead atoms. The van der Waals surface area contributed by atoms with Gasteiger partial charge in [-0.3, -0.25) is 14.2 Å². The van der Waals surface area contributed by atoms with E-state index >= 15 is 0 Å². The zero-order chi connectivity index (χ0) is 25.2. The van der Waals surface area contributed by atoms with Gasteiger partial charge in [-0.25, -0.2) is 4.98 Å². The van der Waals surface area contributed by atoms with Crippen molar-refractivity contribution in [2.75, 3.05) is 0 Å². The molecule has 0 radical (unpaired) electrons. The lowest BCUT2D eigenvalue weighted by Gasteiger charge is -2.18. The monoisotopic (exact) mass is 540 g/mol. The molecule has 4 heterocycles. The summed E-state index contributed by atoms with van der Waals surface area (Å²) in [4.78, 5) is 34.4. The van der Waals surface area contributed by atoms with E-state index in [2.05, 4.69) is 0 Å². The summed E-state index contributed by atoms with van der Waals surface area (Å²) in [5.74, 6) is 0.602. The summed E-state index contributed by atoms with van der Waals surface area (Å²) < 4.78 is 7.22. The van der Waals surface area contributed by atoms with Crippen LogP contribution in [0.4, 0.5) is 0 Å². The molecule has 8 heteroatoms. The van der Waals surface area contributed by atoms with E-state index < -0.39 is 5.25 Å². The lowest BCUT2D eigenvalue weighted by molar-refractivity contribution is 0.0989. The predicted octanol–water partition coefficient (Wildman–Crippen LogP) is 7.54. The van der Waals surface area contributed by atoms with E-state index in [1.807, 2.05) is 89.6 Å². The van der Waals surface area contributed by atoms with E-state index in [9.17, 15) is 9.59 Å². The Labute approximate surface area is 225 Å². The average Bonchev–Trinajstić information content (AvgIpc) is 3.72. The van der Waals surface area contributed by atoms with Crippen molar-refractivity contribution in [2.24, 2.45) is 0 Å². The minimum Gasteiger partial charge on any atom is -0.467 e. The number of carbonyl (C=O) groups is 1. The molecule has 4 aromatic heterocycles. The van der Waals surface area contributed by atoms with Crippen molar-refractivity contribution < 1.29 is 9.21 Å². The van der Waals surface area contributed by atoms with E-state index in [0.29, 0.717) is 26.7 Å². The van der Waals surface area contributed by atoms with Gasteiger partial charge in [-0.05, 0) is 29.1 Å². The Morgan fingerprint density at radius 3 is 2.43 bits per heavy atom. The Morgan fingerprint density at radius 2 is 1.73 bits per heavy atom.